The smallest absolute Gasteiger partial charge is 0.00729 e. The minimum atomic E-state index is 0.470. The van der Waals surface area contributed by atoms with Crippen molar-refractivity contribution in [2.24, 2.45) is 5.92 Å². The van der Waals surface area contributed by atoms with Gasteiger partial charge in [-0.3, -0.25) is 0 Å². The van der Waals surface area contributed by atoms with Crippen molar-refractivity contribution in [3.63, 3.8) is 0 Å². The highest BCUT2D eigenvalue weighted by atomic mass is 14.3. The summed E-state index contributed by atoms with van der Waals surface area (Å²) in [6.45, 7) is 16.3. The topological polar surface area (TPSA) is 0 Å². The molecule has 0 aromatic rings. The number of hydrogen-bond acceptors (Lipinski definition) is 0. The standard InChI is InChI=1S/C16H18.2C2H6/c1-4-9-15-13(5-2)12(3)14-10-7-6-8-11-16(14)15;2*1-2/h4-5,7-12H,2,6H2,1,3H3;2*1-2H3/b9-4-;;. The molecule has 0 aliphatic heterocycles. The van der Waals surface area contributed by atoms with Gasteiger partial charge in [-0.2, -0.15) is 0 Å². The maximum Gasteiger partial charge on any atom is 0.00729 e. The summed E-state index contributed by atoms with van der Waals surface area (Å²) in [7, 11) is 0. The molecule has 2 aliphatic carbocycles. The molecule has 0 bridgehead atoms. The molecule has 1 unspecified atom stereocenters. The maximum absolute atomic E-state index is 3.94. The lowest BCUT2D eigenvalue weighted by molar-refractivity contribution is 0.864. The van der Waals surface area contributed by atoms with Crippen LogP contribution in [0.3, 0.4) is 0 Å². The van der Waals surface area contributed by atoms with Crippen LogP contribution in [0, 0.1) is 5.92 Å². The quantitative estimate of drug-likeness (QED) is 0.533. The normalized spacial score (nSPS) is 20.0. The number of allylic oxidation sites excluding steroid dienone is 11. The van der Waals surface area contributed by atoms with Crippen molar-refractivity contribution < 1.29 is 0 Å². The van der Waals surface area contributed by atoms with Gasteiger partial charge in [-0.05, 0) is 35.6 Å². The van der Waals surface area contributed by atoms with Crippen LogP contribution in [0.1, 0.15) is 48.0 Å². The fourth-order valence-corrected chi connectivity index (χ4v) is 2.46. The first kappa shape index (κ1) is 18.4. The van der Waals surface area contributed by atoms with Gasteiger partial charge in [-0.15, -0.1) is 0 Å². The molecule has 0 spiro atoms. The van der Waals surface area contributed by atoms with Gasteiger partial charge in [0.15, 0.2) is 0 Å². The predicted molar refractivity (Wildman–Crippen MR) is 93.8 cm³/mol. The Morgan fingerprint density at radius 3 is 2.25 bits per heavy atom. The Morgan fingerprint density at radius 2 is 1.70 bits per heavy atom. The molecule has 0 nitrogen and oxygen atoms in total. The third-order valence-corrected chi connectivity index (χ3v) is 3.25. The van der Waals surface area contributed by atoms with Gasteiger partial charge in [0.2, 0.25) is 0 Å². The van der Waals surface area contributed by atoms with E-state index in [0.29, 0.717) is 5.92 Å². The fraction of sp³-hybridized carbons (Fsp3) is 0.400. The SMILES string of the molecule is C=CC1=C(/C=C\C)C2=C(C=CCC=C2)C1C.CC.CC. The largest absolute Gasteiger partial charge is 0.0987 e. The molecule has 0 amide bonds. The van der Waals surface area contributed by atoms with E-state index in [9.17, 15) is 0 Å². The van der Waals surface area contributed by atoms with Gasteiger partial charge in [0.05, 0.1) is 0 Å². The molecule has 0 aromatic heterocycles. The van der Waals surface area contributed by atoms with E-state index in [1.165, 1.54) is 22.3 Å². The van der Waals surface area contributed by atoms with Gasteiger partial charge >= 0.3 is 0 Å². The Labute approximate surface area is 126 Å². The van der Waals surface area contributed by atoms with E-state index in [-0.39, 0.29) is 0 Å². The second kappa shape index (κ2) is 10.3. The number of rotatable bonds is 2. The lowest BCUT2D eigenvalue weighted by Gasteiger charge is -2.07. The lowest BCUT2D eigenvalue weighted by atomic mass is 9.96. The lowest BCUT2D eigenvalue weighted by Crippen LogP contribution is -1.95. The Hall–Kier alpha value is -1.56. The second-order valence-corrected chi connectivity index (χ2v) is 4.20. The zero-order valence-electron chi connectivity index (χ0n) is 14.0. The third kappa shape index (κ3) is 3.96. The third-order valence-electron chi connectivity index (χ3n) is 3.25. The van der Waals surface area contributed by atoms with Crippen molar-refractivity contribution >= 4 is 0 Å². The van der Waals surface area contributed by atoms with E-state index in [0.717, 1.165) is 6.42 Å². The molecular formula is C20H30. The highest BCUT2D eigenvalue weighted by Gasteiger charge is 2.25. The van der Waals surface area contributed by atoms with Crippen LogP contribution in [-0.4, -0.2) is 0 Å². The number of hydrogen-bond donors (Lipinski definition) is 0. The molecule has 2 rings (SSSR count). The van der Waals surface area contributed by atoms with Crippen molar-refractivity contribution in [1.29, 1.82) is 0 Å². The summed E-state index contributed by atoms with van der Waals surface area (Å²) in [5.41, 5.74) is 5.48. The Kier molecular flexibility index (Phi) is 9.45. The van der Waals surface area contributed by atoms with Gasteiger partial charge in [-0.1, -0.05) is 83.7 Å². The van der Waals surface area contributed by atoms with Gasteiger partial charge in [-0.25, -0.2) is 0 Å². The van der Waals surface area contributed by atoms with Gasteiger partial charge in [0.25, 0.3) is 0 Å². The van der Waals surface area contributed by atoms with Crippen LogP contribution in [0.15, 0.2) is 71.4 Å². The van der Waals surface area contributed by atoms with Crippen LogP contribution < -0.4 is 0 Å². The van der Waals surface area contributed by atoms with Crippen LogP contribution in [0.25, 0.3) is 0 Å². The van der Waals surface area contributed by atoms with Crippen LogP contribution in [0.2, 0.25) is 0 Å². The monoisotopic (exact) mass is 270 g/mol. The molecule has 0 saturated heterocycles. The molecule has 0 radical (unpaired) electrons. The summed E-state index contributed by atoms with van der Waals surface area (Å²) >= 11 is 0. The first-order valence-corrected chi connectivity index (χ1v) is 7.86. The van der Waals surface area contributed by atoms with Gasteiger partial charge in [0.1, 0.15) is 0 Å². The van der Waals surface area contributed by atoms with E-state index in [1.807, 2.05) is 33.8 Å². The molecule has 0 N–H and O–H groups in total. The summed E-state index contributed by atoms with van der Waals surface area (Å²) in [6.07, 6.45) is 16.3. The molecule has 2 aliphatic rings. The fourth-order valence-electron chi connectivity index (χ4n) is 2.46. The predicted octanol–water partition coefficient (Wildman–Crippen LogP) is 6.56. The highest BCUT2D eigenvalue weighted by molar-refractivity contribution is 5.64. The zero-order chi connectivity index (χ0) is 15.5. The average molecular weight is 270 g/mol. The molecule has 0 saturated carbocycles. The zero-order valence-corrected chi connectivity index (χ0v) is 14.0. The molecule has 110 valence electrons. The molecule has 0 heterocycles. The van der Waals surface area contributed by atoms with Crippen LogP contribution in [0.5, 0.6) is 0 Å². The Bertz CT molecular complexity index is 450. The average Bonchev–Trinajstić information content (AvgIpc) is 2.68. The summed E-state index contributed by atoms with van der Waals surface area (Å²) in [5.74, 6) is 0.470. The van der Waals surface area contributed by atoms with Crippen molar-refractivity contribution in [1.82, 2.24) is 0 Å². The van der Waals surface area contributed by atoms with E-state index < -0.39 is 0 Å². The van der Waals surface area contributed by atoms with E-state index in [2.05, 4.69) is 56.9 Å². The molecule has 0 heteroatoms. The highest BCUT2D eigenvalue weighted by Crippen LogP contribution is 2.40. The molecule has 0 fully saturated rings. The van der Waals surface area contributed by atoms with Crippen molar-refractivity contribution in [2.45, 2.75) is 48.0 Å². The summed E-state index contributed by atoms with van der Waals surface area (Å²) < 4.78 is 0. The van der Waals surface area contributed by atoms with Gasteiger partial charge < -0.3 is 0 Å². The summed E-state index contributed by atoms with van der Waals surface area (Å²) in [4.78, 5) is 0. The summed E-state index contributed by atoms with van der Waals surface area (Å²) in [5, 5.41) is 0. The van der Waals surface area contributed by atoms with Crippen molar-refractivity contribution in [3.05, 3.63) is 71.4 Å². The molecule has 1 atom stereocenters. The van der Waals surface area contributed by atoms with E-state index >= 15 is 0 Å². The Balaban J connectivity index is 0.000000829. The van der Waals surface area contributed by atoms with E-state index in [1.54, 1.807) is 0 Å². The maximum atomic E-state index is 3.94. The van der Waals surface area contributed by atoms with Gasteiger partial charge in [0, 0.05) is 5.92 Å². The summed E-state index contributed by atoms with van der Waals surface area (Å²) in [6, 6.07) is 0. The molecule has 0 aromatic carbocycles. The first-order chi connectivity index (χ1) is 9.79. The minimum absolute atomic E-state index is 0.470. The first-order valence-electron chi connectivity index (χ1n) is 7.86. The minimum Gasteiger partial charge on any atom is -0.0987 e. The van der Waals surface area contributed by atoms with Crippen molar-refractivity contribution in [2.75, 3.05) is 0 Å². The molecule has 20 heavy (non-hydrogen) atoms. The van der Waals surface area contributed by atoms with Crippen LogP contribution in [0.4, 0.5) is 0 Å². The Morgan fingerprint density at radius 1 is 1.10 bits per heavy atom. The van der Waals surface area contributed by atoms with Crippen molar-refractivity contribution in [3.8, 4) is 0 Å². The second-order valence-electron chi connectivity index (χ2n) is 4.20. The van der Waals surface area contributed by atoms with Crippen LogP contribution >= 0.6 is 0 Å². The van der Waals surface area contributed by atoms with E-state index in [4.69, 9.17) is 0 Å². The van der Waals surface area contributed by atoms with Crippen LogP contribution in [-0.2, 0) is 0 Å². The molecular weight excluding hydrogens is 240 g/mol.